The zero-order valence-electron chi connectivity index (χ0n) is 58.0. The third kappa shape index (κ3) is 21.7. The molecule has 6 aliphatic heterocycles. The van der Waals surface area contributed by atoms with Gasteiger partial charge in [0.25, 0.3) is 0 Å². The molecule has 0 radical (unpaired) electrons. The molecule has 36 heteroatoms. The second-order valence-electron chi connectivity index (χ2n) is 24.5. The Morgan fingerprint density at radius 1 is 0.495 bits per heavy atom. The maximum atomic E-state index is 13.9. The number of carboxylic acids is 3. The fraction of sp³-hybridized carbons (Fsp3) is 0.408. The number of aliphatic imine (C=N–C) groups is 3. The summed E-state index contributed by atoms with van der Waals surface area (Å²) in [4.78, 5) is 107. The van der Waals surface area contributed by atoms with Crippen molar-refractivity contribution in [2.45, 2.75) is 88.6 Å². The van der Waals surface area contributed by atoms with E-state index in [0.717, 1.165) is 0 Å². The normalized spacial score (nSPS) is 20.7. The van der Waals surface area contributed by atoms with Crippen molar-refractivity contribution >= 4 is 135 Å². The molecule has 0 amide bonds. The van der Waals surface area contributed by atoms with Gasteiger partial charge in [-0.3, -0.25) is 44.1 Å². The monoisotopic (exact) mass is 1730 g/mol. The molecule has 3 aromatic carbocycles. The van der Waals surface area contributed by atoms with E-state index in [2.05, 4.69) is 93.4 Å². The van der Waals surface area contributed by atoms with Crippen molar-refractivity contribution in [2.75, 3.05) is 99.2 Å². The molecule has 9 heterocycles. The number of aromatic nitrogens is 3. The van der Waals surface area contributed by atoms with E-state index in [9.17, 15) is 52.2 Å². The highest BCUT2D eigenvalue weighted by molar-refractivity contribution is 9.11. The zero-order chi connectivity index (χ0) is 76.3. The van der Waals surface area contributed by atoms with E-state index >= 15 is 0 Å². The largest absolute Gasteiger partial charge is 0.481 e. The first-order chi connectivity index (χ1) is 51.6. The molecule has 107 heavy (non-hydrogen) atoms. The van der Waals surface area contributed by atoms with Crippen LogP contribution in [0.5, 0.6) is 0 Å². The molecule has 6 aromatic rings. The van der Waals surface area contributed by atoms with Crippen LogP contribution in [-0.4, -0.2) is 216 Å². The summed E-state index contributed by atoms with van der Waals surface area (Å²) in [5.41, 5.74) is 4.47. The molecule has 0 aliphatic carbocycles. The second kappa shape index (κ2) is 39.4. The van der Waals surface area contributed by atoms with Gasteiger partial charge in [-0.25, -0.2) is 42.5 Å². The number of nitrogens with zero attached hydrogens (tertiary/aromatic N) is 9. The van der Waals surface area contributed by atoms with Crippen LogP contribution >= 0.6 is 81.8 Å². The number of methoxy groups -OCH3 is 1. The van der Waals surface area contributed by atoms with Gasteiger partial charge in [-0.1, -0.05) is 66.0 Å². The smallest absolute Gasteiger partial charge is 0.338 e. The Balaban J connectivity index is 0.000000172. The van der Waals surface area contributed by atoms with E-state index in [4.69, 9.17) is 48.5 Å². The predicted molar refractivity (Wildman–Crippen MR) is 401 cm³/mol. The van der Waals surface area contributed by atoms with E-state index in [1.165, 1.54) is 77.5 Å². The maximum absolute atomic E-state index is 13.9. The number of carbonyl (C=O) groups is 6. The molecule has 0 unspecified atom stereocenters. The molecule has 0 saturated carbocycles. The highest BCUT2D eigenvalue weighted by Crippen LogP contribution is 2.41. The van der Waals surface area contributed by atoms with E-state index in [1.807, 2.05) is 16.1 Å². The fourth-order valence-corrected chi connectivity index (χ4v) is 16.0. The van der Waals surface area contributed by atoms with Crippen LogP contribution < -0.4 is 16.0 Å². The fourth-order valence-electron chi connectivity index (χ4n) is 12.6. The van der Waals surface area contributed by atoms with E-state index in [0.29, 0.717) is 195 Å². The van der Waals surface area contributed by atoms with E-state index < -0.39 is 71.4 Å². The lowest BCUT2D eigenvalue weighted by Crippen LogP contribution is -2.49. The number of carbonyl (C=O) groups excluding carboxylic acids is 3. The van der Waals surface area contributed by atoms with Gasteiger partial charge in [0.2, 0.25) is 0 Å². The van der Waals surface area contributed by atoms with Crippen LogP contribution in [0.1, 0.15) is 102 Å². The lowest BCUT2D eigenvalue weighted by atomic mass is 9.95. The SMILES string of the molecule is CCOC(=O)C1=C(CN2CCOC[C@@H]2CCC(=O)O)NC(c2nccs2)=N[C@H]1c1ccc(F)cc1Br.CCOC(=O)C1=C(CN2CCOC[C@H]2CCC(=O)O)NC(c2nccs2)=N[C@H]1c1ccc(F)cc1Br.COC(=O)C1=C(CN2CCOC[C@H]2CCC(=O)O)NC(c2nccs2)=N[C@H]1c1ccc(F)cc1Br. The molecule has 570 valence electrons. The number of nitrogens with one attached hydrogen (secondary N) is 3. The molecule has 0 bridgehead atoms. The first kappa shape index (κ1) is 81.5. The van der Waals surface area contributed by atoms with Crippen molar-refractivity contribution in [3.63, 3.8) is 0 Å². The topological polar surface area (TPSA) is 340 Å². The summed E-state index contributed by atoms with van der Waals surface area (Å²) >= 11 is 14.5. The Morgan fingerprint density at radius 3 is 1.05 bits per heavy atom. The number of morpholine rings is 3. The quantitative estimate of drug-likeness (QED) is 0.0217. The molecule has 12 rings (SSSR count). The van der Waals surface area contributed by atoms with Gasteiger partial charge < -0.3 is 59.7 Å². The Morgan fingerprint density at radius 2 is 0.794 bits per heavy atom. The van der Waals surface area contributed by atoms with Gasteiger partial charge in [0, 0.05) is 142 Å². The predicted octanol–water partition coefficient (Wildman–Crippen LogP) is 10.2. The van der Waals surface area contributed by atoms with Crippen molar-refractivity contribution in [1.82, 2.24) is 45.6 Å². The molecular formula is C71H76Br3F3N12O15S3. The standard InChI is InChI=1S/2C24H26BrFN4O5S.C23H24BrFN4O5S/c2*1-2-35-24(33)20-18(12-30-8-9-34-13-15(30)4-6-19(31)32)28-22(23-27-7-10-36-23)29-21(20)16-5-3-14(26)11-17(16)25;1-33-23(32)19-17(11-29-7-8-34-12-14(29)3-5-18(30)31)27-21(22-26-6-9-35-22)28-20(19)15-4-2-13(25)10-16(15)24/h2*3,5,7,10-11,15,21H,2,4,6,8-9,12-13H2,1H3,(H,28,29)(H,31,32);2,4,6,9-10,14,20H,3,5,7-8,11-12H2,1H3,(H,27,28)(H,30,31)/t15-,21+;15-,21-;14-,20+/m101/s1. The van der Waals surface area contributed by atoms with E-state index in [-0.39, 0.29) is 50.6 Å². The molecule has 0 spiro atoms. The first-order valence-corrected chi connectivity index (χ1v) is 38.9. The maximum Gasteiger partial charge on any atom is 0.338 e. The van der Waals surface area contributed by atoms with Crippen molar-refractivity contribution in [2.24, 2.45) is 15.0 Å². The van der Waals surface area contributed by atoms with Crippen molar-refractivity contribution in [3.05, 3.63) is 186 Å². The van der Waals surface area contributed by atoms with Gasteiger partial charge in [0.1, 0.15) is 35.6 Å². The minimum Gasteiger partial charge on any atom is -0.481 e. The average molecular weight is 1730 g/mol. The van der Waals surface area contributed by atoms with Crippen LogP contribution in [0.2, 0.25) is 0 Å². The molecule has 3 aromatic heterocycles. The van der Waals surface area contributed by atoms with Crippen molar-refractivity contribution < 1.29 is 85.7 Å². The van der Waals surface area contributed by atoms with Gasteiger partial charge in [0.15, 0.2) is 32.5 Å². The van der Waals surface area contributed by atoms with Gasteiger partial charge >= 0.3 is 35.8 Å². The molecular weight excluding hydrogens is 1650 g/mol. The van der Waals surface area contributed by atoms with Gasteiger partial charge in [-0.05, 0) is 86.2 Å². The van der Waals surface area contributed by atoms with Crippen molar-refractivity contribution in [1.29, 1.82) is 0 Å². The third-order valence-electron chi connectivity index (χ3n) is 17.7. The summed E-state index contributed by atoms with van der Waals surface area (Å²) in [5.74, 6) is -4.03. The summed E-state index contributed by atoms with van der Waals surface area (Å²) in [6.45, 7) is 9.14. The van der Waals surface area contributed by atoms with E-state index in [1.54, 1.807) is 50.6 Å². The summed E-state index contributed by atoms with van der Waals surface area (Å²) < 4.78 is 75.8. The number of carboxylic acid groups (broad SMARTS) is 3. The van der Waals surface area contributed by atoms with Crippen LogP contribution in [0.25, 0.3) is 0 Å². The van der Waals surface area contributed by atoms with Crippen LogP contribution in [-0.2, 0) is 57.2 Å². The number of thiazole rings is 3. The summed E-state index contributed by atoms with van der Waals surface area (Å²) in [6, 6.07) is 10.0. The minimum absolute atomic E-state index is 0.0117. The van der Waals surface area contributed by atoms with Gasteiger partial charge in [0.05, 0.1) is 76.7 Å². The first-order valence-electron chi connectivity index (χ1n) is 33.9. The number of hydrogen-bond donors (Lipinski definition) is 6. The average Bonchev–Trinajstić information content (AvgIpc) is 1.47. The Labute approximate surface area is 650 Å². The Hall–Kier alpha value is -8.01. The van der Waals surface area contributed by atoms with Gasteiger partial charge in [-0.15, -0.1) is 34.0 Å². The third-order valence-corrected chi connectivity index (χ3v) is 22.1. The van der Waals surface area contributed by atoms with Crippen LogP contribution in [0.4, 0.5) is 13.2 Å². The highest BCUT2D eigenvalue weighted by Gasteiger charge is 2.40. The Kier molecular flexibility index (Phi) is 30.0. The lowest BCUT2D eigenvalue weighted by molar-refractivity contribution is -0.140. The number of rotatable bonds is 26. The summed E-state index contributed by atoms with van der Waals surface area (Å²) in [6.07, 6.45) is 6.28. The molecule has 6 atom stereocenters. The molecule has 3 saturated heterocycles. The van der Waals surface area contributed by atoms with Crippen LogP contribution in [0, 0.1) is 17.5 Å². The summed E-state index contributed by atoms with van der Waals surface area (Å²) in [5, 5.41) is 44.8. The molecule has 6 N–H and O–H groups in total. The number of aliphatic carboxylic acids is 3. The van der Waals surface area contributed by atoms with Crippen LogP contribution in [0.15, 0.2) is 152 Å². The lowest BCUT2D eigenvalue weighted by Gasteiger charge is -2.37. The number of hydrogen-bond acceptors (Lipinski definition) is 27. The highest BCUT2D eigenvalue weighted by atomic mass is 79.9. The van der Waals surface area contributed by atoms with Crippen LogP contribution in [0.3, 0.4) is 0 Å². The molecule has 6 aliphatic rings. The Bertz CT molecular complexity index is 4180. The molecule has 3 fully saturated rings. The number of benzene rings is 3. The minimum atomic E-state index is -0.875. The summed E-state index contributed by atoms with van der Waals surface area (Å²) in [7, 11) is 1.30. The van der Waals surface area contributed by atoms with Crippen molar-refractivity contribution in [3.8, 4) is 0 Å². The number of halogens is 6. The molecule has 27 nitrogen and oxygen atoms in total. The zero-order valence-corrected chi connectivity index (χ0v) is 65.2. The second-order valence-corrected chi connectivity index (χ2v) is 29.8. The number of esters is 3. The number of amidine groups is 3. The van der Waals surface area contributed by atoms with Gasteiger partial charge in [-0.2, -0.15) is 0 Å². The number of ether oxygens (including phenoxy) is 6.